The van der Waals surface area contributed by atoms with Gasteiger partial charge in [0.1, 0.15) is 17.5 Å². The number of hydrogen-bond donors (Lipinski definition) is 0. The minimum absolute atomic E-state index is 0.854. The molecule has 12 heteroatoms. The van der Waals surface area contributed by atoms with Crippen molar-refractivity contribution in [2.75, 3.05) is 0 Å². The molecule has 0 atom stereocenters. The summed E-state index contributed by atoms with van der Waals surface area (Å²) in [6.45, 7) is 6.07. The van der Waals surface area contributed by atoms with Crippen LogP contribution in [0.25, 0.3) is 272 Å². The zero-order valence-electron chi connectivity index (χ0n) is 79.5. The number of imidazole rings is 3. The number of aromatic nitrogens is 12. The van der Waals surface area contributed by atoms with Crippen molar-refractivity contribution in [1.29, 1.82) is 0 Å². The molecule has 0 aliphatic carbocycles. The van der Waals surface area contributed by atoms with Gasteiger partial charge in [-0.05, 0) is 209 Å². The number of benzene rings is 19. The van der Waals surface area contributed by atoms with Gasteiger partial charge in [-0.3, -0.25) is 4.57 Å². The molecule has 0 spiro atoms. The van der Waals surface area contributed by atoms with Gasteiger partial charge >= 0.3 is 0 Å². The molecular weight excluding hydrogens is 1770 g/mol. The molecule has 9 aromatic heterocycles. The van der Waals surface area contributed by atoms with Crippen LogP contribution >= 0.6 is 0 Å². The zero-order valence-corrected chi connectivity index (χ0v) is 79.5. The van der Waals surface area contributed by atoms with Crippen LogP contribution in [0.1, 0.15) is 13.8 Å². The van der Waals surface area contributed by atoms with E-state index in [0.29, 0.717) is 0 Å². The van der Waals surface area contributed by atoms with E-state index in [1.165, 1.54) is 10.8 Å². The fraction of sp³-hybridized carbons (Fsp3) is 0.0301. The maximum atomic E-state index is 5.32. The molecule has 682 valence electrons. The lowest BCUT2D eigenvalue weighted by Crippen LogP contribution is -1.97. The summed E-state index contributed by atoms with van der Waals surface area (Å²) in [6, 6.07) is 170. The Kier molecular flexibility index (Phi) is 21.9. The van der Waals surface area contributed by atoms with E-state index in [1.54, 1.807) is 0 Å². The first-order valence-electron chi connectivity index (χ1n) is 49.4. The van der Waals surface area contributed by atoms with Crippen molar-refractivity contribution < 1.29 is 0 Å². The van der Waals surface area contributed by atoms with Gasteiger partial charge in [-0.25, -0.2) is 44.9 Å². The first-order valence-corrected chi connectivity index (χ1v) is 49.4. The lowest BCUT2D eigenvalue weighted by Gasteiger charge is -2.15. The number of hydrogen-bond acceptors (Lipinski definition) is 9. The van der Waals surface area contributed by atoms with Gasteiger partial charge in [-0.1, -0.05) is 340 Å². The second-order valence-corrected chi connectivity index (χ2v) is 36.7. The third kappa shape index (κ3) is 15.8. The highest BCUT2D eigenvalue weighted by Crippen LogP contribution is 2.46. The summed E-state index contributed by atoms with van der Waals surface area (Å²) in [4.78, 5) is 46.2. The number of aryl methyl sites for hydroxylation is 2. The van der Waals surface area contributed by atoms with Crippen molar-refractivity contribution in [1.82, 2.24) is 58.6 Å². The molecular formula is C133H90N12. The quantitative estimate of drug-likeness (QED) is 0.0921. The van der Waals surface area contributed by atoms with E-state index < -0.39 is 0 Å². The summed E-state index contributed by atoms with van der Waals surface area (Å²) in [7, 11) is 0. The first-order chi connectivity index (χ1) is 71.8. The Labute approximate surface area is 836 Å². The third-order valence-electron chi connectivity index (χ3n) is 28.2. The highest BCUT2D eigenvalue weighted by molar-refractivity contribution is 6.24. The highest BCUT2D eigenvalue weighted by atomic mass is 15.1. The molecule has 0 aliphatic heterocycles. The average Bonchev–Trinajstić information content (AvgIpc) is 1.23. The maximum absolute atomic E-state index is 5.32. The first kappa shape index (κ1) is 86.2. The molecule has 0 aliphatic rings. The van der Waals surface area contributed by atoms with Crippen LogP contribution in [0.3, 0.4) is 0 Å². The standard InChI is InChI=1S/C47H30N4.2C43H30N4/c1-4-12-32(13-5-1)40-28-26-38-41(48-40)29-25-37-39-30-35(22-27-42(39)49-46(45(37)38)33-14-6-2-7-15-33)31-20-23-36(24-21-31)51-44-19-11-10-18-43(44)50-47(51)34-16-8-3-9-17-34;1-2-47-40-19-10-9-18-39(40)46-43(47)32-17-11-16-30(26-32)31-20-23-38-35(27-31)33-21-25-37-34(22-24-36(44-37)28-12-5-3-6-13-28)41(33)42(45-38)29-14-7-4-8-15-29;1-2-47-40-16-10-9-15-39(40)46-43(47)31-19-17-28(18-20-31)32-21-24-38-35(27-32)33-22-26-37-34(23-25-36(44-37)29-11-5-3-6-12-29)41(33)42(45-38)30-13-7-4-8-14-30/h1-30H;2*3-27H,2H2,1H3. The van der Waals surface area contributed by atoms with E-state index in [9.17, 15) is 0 Å². The van der Waals surface area contributed by atoms with Crippen LogP contribution in [0.4, 0.5) is 0 Å². The van der Waals surface area contributed by atoms with Crippen molar-refractivity contribution in [3.05, 3.63) is 485 Å². The molecule has 0 radical (unpaired) electrons. The molecule has 19 aromatic carbocycles. The summed E-state index contributed by atoms with van der Waals surface area (Å²) in [6.07, 6.45) is 0. The minimum atomic E-state index is 0.854. The molecule has 28 aromatic rings. The van der Waals surface area contributed by atoms with Gasteiger partial charge in [0, 0.05) is 117 Å². The van der Waals surface area contributed by atoms with Crippen LogP contribution in [0.5, 0.6) is 0 Å². The summed E-state index contributed by atoms with van der Waals surface area (Å²) in [5, 5.41) is 13.5. The van der Waals surface area contributed by atoms with E-state index in [-0.39, 0.29) is 0 Å². The van der Waals surface area contributed by atoms with Crippen molar-refractivity contribution in [3.63, 3.8) is 0 Å². The molecule has 0 N–H and O–H groups in total. The average molecular weight is 1860 g/mol. The molecule has 0 saturated heterocycles. The van der Waals surface area contributed by atoms with Gasteiger partial charge in [0.2, 0.25) is 0 Å². The maximum Gasteiger partial charge on any atom is 0.145 e. The highest BCUT2D eigenvalue weighted by Gasteiger charge is 2.24. The van der Waals surface area contributed by atoms with Crippen LogP contribution in [0.2, 0.25) is 0 Å². The largest absolute Gasteiger partial charge is 0.324 e. The summed E-state index contributed by atoms with van der Waals surface area (Å²) in [5.41, 5.74) is 35.9. The second-order valence-electron chi connectivity index (χ2n) is 36.7. The minimum Gasteiger partial charge on any atom is -0.324 e. The molecule has 28 rings (SSSR count). The van der Waals surface area contributed by atoms with Crippen molar-refractivity contribution in [2.24, 2.45) is 0 Å². The fourth-order valence-corrected chi connectivity index (χ4v) is 21.1. The van der Waals surface area contributed by atoms with Crippen LogP contribution in [-0.2, 0) is 13.1 Å². The normalized spacial score (nSPS) is 11.6. The Morgan fingerprint density at radius 2 is 0.421 bits per heavy atom. The molecule has 0 saturated carbocycles. The van der Waals surface area contributed by atoms with Crippen LogP contribution in [0, 0.1) is 0 Å². The van der Waals surface area contributed by atoms with E-state index in [2.05, 4.69) is 458 Å². The van der Waals surface area contributed by atoms with Gasteiger partial charge in [-0.15, -0.1) is 0 Å². The lowest BCUT2D eigenvalue weighted by molar-refractivity contribution is 0.796. The zero-order chi connectivity index (χ0) is 96.4. The van der Waals surface area contributed by atoms with Crippen molar-refractivity contribution in [2.45, 2.75) is 26.9 Å². The number of nitrogens with zero attached hydrogens (tertiary/aromatic N) is 12. The third-order valence-corrected chi connectivity index (χ3v) is 28.2. The van der Waals surface area contributed by atoms with E-state index in [0.717, 1.165) is 274 Å². The molecule has 9 heterocycles. The predicted octanol–water partition coefficient (Wildman–Crippen LogP) is 33.9. The number of pyridine rings is 6. The van der Waals surface area contributed by atoms with Crippen LogP contribution in [0.15, 0.2) is 485 Å². The van der Waals surface area contributed by atoms with E-state index in [1.807, 2.05) is 54.6 Å². The van der Waals surface area contributed by atoms with Crippen molar-refractivity contribution >= 4 is 131 Å². The van der Waals surface area contributed by atoms with Gasteiger partial charge in [-0.2, -0.15) is 0 Å². The molecule has 0 bridgehead atoms. The molecule has 0 amide bonds. The number of para-hydroxylation sites is 6. The van der Waals surface area contributed by atoms with Gasteiger partial charge in [0.25, 0.3) is 0 Å². The van der Waals surface area contributed by atoms with E-state index in [4.69, 9.17) is 44.9 Å². The number of rotatable bonds is 15. The van der Waals surface area contributed by atoms with Crippen LogP contribution in [-0.4, -0.2) is 58.6 Å². The topological polar surface area (TPSA) is 131 Å². The van der Waals surface area contributed by atoms with Gasteiger partial charge < -0.3 is 9.13 Å². The lowest BCUT2D eigenvalue weighted by atomic mass is 9.94. The second kappa shape index (κ2) is 36.9. The molecule has 145 heavy (non-hydrogen) atoms. The Morgan fingerprint density at radius 3 is 0.807 bits per heavy atom. The summed E-state index contributed by atoms with van der Waals surface area (Å²) in [5.74, 6) is 2.92. The Balaban J connectivity index is 0.000000111. The van der Waals surface area contributed by atoms with E-state index >= 15 is 0 Å². The Bertz CT molecular complexity index is 9870. The molecule has 0 unspecified atom stereocenters. The van der Waals surface area contributed by atoms with Crippen molar-refractivity contribution in [3.8, 4) is 141 Å². The smallest absolute Gasteiger partial charge is 0.145 e. The summed E-state index contributed by atoms with van der Waals surface area (Å²) >= 11 is 0. The predicted molar refractivity (Wildman–Crippen MR) is 601 cm³/mol. The fourth-order valence-electron chi connectivity index (χ4n) is 21.1. The van der Waals surface area contributed by atoms with Crippen LogP contribution < -0.4 is 0 Å². The molecule has 12 nitrogen and oxygen atoms in total. The molecule has 0 fully saturated rings. The SMILES string of the molecule is CCn1c(-c2ccc(-c3ccc4nc(-c5ccccc5)c5c6ccc(-c7ccccc7)nc6ccc5c4c3)cc2)nc2ccccc21.CCn1c(-c2cccc(-c3ccc4nc(-c5ccccc5)c5c6ccc(-c7ccccc7)nc6ccc5c4c3)c2)nc2ccccc21.c1ccc(-c2ccc3c(ccc4c5cc(-c6ccc(-n7c(-c8ccccc8)nc8ccccc87)cc6)ccc5nc(-c5ccccc5)c34)n2)cc1. The Morgan fingerprint density at radius 1 is 0.159 bits per heavy atom. The van der Waals surface area contributed by atoms with Gasteiger partial charge in [0.05, 0.1) is 100 Å². The Hall–Kier alpha value is -19.2. The van der Waals surface area contributed by atoms with Gasteiger partial charge in [0.15, 0.2) is 0 Å². The number of fused-ring (bicyclic) bond motifs is 18. The summed E-state index contributed by atoms with van der Waals surface area (Å²) < 4.78 is 6.82. The monoisotopic (exact) mass is 1850 g/mol.